The summed E-state index contributed by atoms with van der Waals surface area (Å²) in [5.41, 5.74) is 0.242. The number of nitrogens with zero attached hydrogens (tertiary/aromatic N) is 1. The summed E-state index contributed by atoms with van der Waals surface area (Å²) >= 11 is 5.38. The highest BCUT2D eigenvalue weighted by molar-refractivity contribution is 7.80. The van der Waals surface area contributed by atoms with Gasteiger partial charge in [0.25, 0.3) is 0 Å². The average Bonchev–Trinajstić information content (AvgIpc) is 2.72. The van der Waals surface area contributed by atoms with Gasteiger partial charge in [0.05, 0.1) is 13.0 Å². The largest absolute Gasteiger partial charge is 0.503 e. The van der Waals surface area contributed by atoms with E-state index in [0.29, 0.717) is 11.3 Å². The third kappa shape index (κ3) is 6.15. The molecule has 0 spiro atoms. The van der Waals surface area contributed by atoms with E-state index in [0.717, 1.165) is 5.75 Å². The first-order chi connectivity index (χ1) is 13.9. The third-order valence-electron chi connectivity index (χ3n) is 4.52. The highest BCUT2D eigenvalue weighted by Gasteiger charge is 2.26. The highest BCUT2D eigenvalue weighted by Crippen LogP contribution is 2.29. The Kier molecular flexibility index (Phi) is 8.39. The van der Waals surface area contributed by atoms with Crippen LogP contribution < -0.4 is 9.47 Å². The molecule has 0 saturated heterocycles. The lowest BCUT2D eigenvalue weighted by Gasteiger charge is -2.25. The van der Waals surface area contributed by atoms with Crippen molar-refractivity contribution in [3.05, 3.63) is 48.3 Å². The molecule has 1 aromatic heterocycles. The van der Waals surface area contributed by atoms with Crippen molar-refractivity contribution in [3.63, 3.8) is 0 Å². The van der Waals surface area contributed by atoms with Gasteiger partial charge in [0.2, 0.25) is 0 Å². The molecule has 1 aromatic carbocycles. The molecule has 0 fully saturated rings. The van der Waals surface area contributed by atoms with Gasteiger partial charge in [-0.1, -0.05) is 44.3 Å². The van der Waals surface area contributed by atoms with Crippen molar-refractivity contribution >= 4 is 23.1 Å². The van der Waals surface area contributed by atoms with Crippen LogP contribution in [0.5, 0.6) is 17.2 Å². The first kappa shape index (κ1) is 22.6. The minimum absolute atomic E-state index is 0.128. The summed E-state index contributed by atoms with van der Waals surface area (Å²) in [5.74, 6) is 0.0173. The Bertz CT molecular complexity index is 827. The molecule has 1 N–H and O–H groups in total. The molecule has 0 aliphatic rings. The predicted octanol–water partition coefficient (Wildman–Crippen LogP) is 4.33. The predicted molar refractivity (Wildman–Crippen MR) is 115 cm³/mol. The number of hydrogen-bond donors (Lipinski definition) is 1. The molecule has 2 aromatic rings. The second-order valence-electron chi connectivity index (χ2n) is 6.76. The highest BCUT2D eigenvalue weighted by atomic mass is 32.1. The quantitative estimate of drug-likeness (QED) is 0.350. The summed E-state index contributed by atoms with van der Waals surface area (Å²) in [7, 11) is 1.45. The van der Waals surface area contributed by atoms with Crippen LogP contribution in [0.3, 0.4) is 0 Å². The second kappa shape index (κ2) is 10.8. The van der Waals surface area contributed by atoms with Gasteiger partial charge in [0, 0.05) is 17.1 Å². The van der Waals surface area contributed by atoms with Crippen molar-refractivity contribution in [1.29, 1.82) is 0 Å². The number of carbonyl (C=O) groups is 1. The Hall–Kier alpha value is -2.67. The zero-order chi connectivity index (χ0) is 21.4. The van der Waals surface area contributed by atoms with Gasteiger partial charge >= 0.3 is 5.97 Å². The van der Waals surface area contributed by atoms with Gasteiger partial charge in [-0.3, -0.25) is 9.78 Å². The van der Waals surface area contributed by atoms with Crippen LogP contribution >= 0.6 is 12.2 Å². The molecule has 0 radical (unpaired) electrons. The van der Waals surface area contributed by atoms with Gasteiger partial charge < -0.3 is 19.3 Å². The molecule has 3 atom stereocenters. The van der Waals surface area contributed by atoms with Crippen molar-refractivity contribution in [2.24, 2.45) is 5.92 Å². The molecule has 0 saturated carbocycles. The smallest absolute Gasteiger partial charge is 0.309 e. The lowest BCUT2D eigenvalue weighted by molar-refractivity contribution is -0.157. The minimum Gasteiger partial charge on any atom is -0.503 e. The fourth-order valence-electron chi connectivity index (χ4n) is 2.83. The van der Waals surface area contributed by atoms with Crippen molar-refractivity contribution in [1.82, 2.24) is 4.98 Å². The summed E-state index contributed by atoms with van der Waals surface area (Å²) in [6.45, 7) is 5.56. The number of ether oxygens (including phenoxy) is 3. The van der Waals surface area contributed by atoms with E-state index in [1.54, 1.807) is 13.0 Å². The average molecular weight is 418 g/mol. The van der Waals surface area contributed by atoms with E-state index in [-0.39, 0.29) is 41.8 Å². The number of para-hydroxylation sites is 1. The number of esters is 1. The van der Waals surface area contributed by atoms with E-state index in [2.05, 4.69) is 4.98 Å². The topological polar surface area (TPSA) is 77.9 Å². The minimum atomic E-state index is -0.493. The van der Waals surface area contributed by atoms with E-state index in [1.165, 1.54) is 13.3 Å². The Morgan fingerprint density at radius 2 is 1.90 bits per heavy atom. The maximum Gasteiger partial charge on any atom is 0.309 e. The monoisotopic (exact) mass is 417 g/mol. The van der Waals surface area contributed by atoms with Crippen LogP contribution in [0, 0.1) is 5.92 Å². The number of aromatic hydroxyl groups is 1. The van der Waals surface area contributed by atoms with Crippen molar-refractivity contribution in [2.45, 2.75) is 45.8 Å². The van der Waals surface area contributed by atoms with E-state index in [4.69, 9.17) is 26.4 Å². The van der Waals surface area contributed by atoms with Crippen LogP contribution in [0.4, 0.5) is 0 Å². The number of pyridine rings is 1. The van der Waals surface area contributed by atoms with E-state index in [9.17, 15) is 9.90 Å². The number of methoxy groups -OCH3 is 1. The molecular weight excluding hydrogens is 390 g/mol. The van der Waals surface area contributed by atoms with Crippen LogP contribution in [0.2, 0.25) is 0 Å². The van der Waals surface area contributed by atoms with Gasteiger partial charge in [-0.05, 0) is 31.9 Å². The lowest BCUT2D eigenvalue weighted by Crippen LogP contribution is -2.35. The Morgan fingerprint density at radius 1 is 1.21 bits per heavy atom. The molecule has 156 valence electrons. The standard InChI is InChI=1S/C22H27NO5S/c1-5-17(15(3)27-16-9-7-6-8-10-16)28-22(25)14(2)13-19(29)20-21(24)18(26-4)11-12-23-20/h6-12,14-15,17,24H,5,13H2,1-4H3/t14-,15-,17+/m1/s1. The van der Waals surface area contributed by atoms with Gasteiger partial charge in [-0.25, -0.2) is 0 Å². The fourth-order valence-corrected chi connectivity index (χ4v) is 3.23. The van der Waals surface area contributed by atoms with Gasteiger partial charge in [-0.15, -0.1) is 0 Å². The Balaban J connectivity index is 1.97. The van der Waals surface area contributed by atoms with E-state index < -0.39 is 5.92 Å². The normalized spacial score (nSPS) is 13.8. The van der Waals surface area contributed by atoms with Crippen LogP contribution in [0.25, 0.3) is 0 Å². The molecule has 0 unspecified atom stereocenters. The Labute approximate surface area is 176 Å². The van der Waals surface area contributed by atoms with Crippen LogP contribution in [0.15, 0.2) is 42.6 Å². The summed E-state index contributed by atoms with van der Waals surface area (Å²) in [4.78, 5) is 17.1. The molecule has 2 rings (SSSR count). The maximum absolute atomic E-state index is 12.6. The molecule has 7 heteroatoms. The molecule has 29 heavy (non-hydrogen) atoms. The van der Waals surface area contributed by atoms with Gasteiger partial charge in [-0.2, -0.15) is 0 Å². The number of benzene rings is 1. The van der Waals surface area contributed by atoms with E-state index in [1.807, 2.05) is 44.2 Å². The van der Waals surface area contributed by atoms with Crippen molar-refractivity contribution in [3.8, 4) is 17.2 Å². The number of thiocarbonyl (C=S) groups is 1. The third-order valence-corrected chi connectivity index (χ3v) is 4.88. The first-order valence-corrected chi connectivity index (χ1v) is 9.95. The zero-order valence-corrected chi connectivity index (χ0v) is 17.9. The molecular formula is C22H27NO5S. The summed E-state index contributed by atoms with van der Waals surface area (Å²) < 4.78 is 16.6. The van der Waals surface area contributed by atoms with Gasteiger partial charge in [0.15, 0.2) is 11.5 Å². The Morgan fingerprint density at radius 3 is 2.52 bits per heavy atom. The lowest BCUT2D eigenvalue weighted by atomic mass is 10.0. The van der Waals surface area contributed by atoms with E-state index >= 15 is 0 Å². The SMILES string of the molecule is CC[C@H](OC(=O)[C@H](C)CC(=S)c1nccc(OC)c1O)[C@@H](C)Oc1ccccc1. The van der Waals surface area contributed by atoms with Crippen molar-refractivity contribution in [2.75, 3.05) is 7.11 Å². The fraction of sp³-hybridized carbons (Fsp3) is 0.409. The second-order valence-corrected chi connectivity index (χ2v) is 7.25. The van der Waals surface area contributed by atoms with Crippen LogP contribution in [-0.2, 0) is 9.53 Å². The summed E-state index contributed by atoms with van der Waals surface area (Å²) in [5, 5.41) is 10.2. The first-order valence-electron chi connectivity index (χ1n) is 9.54. The molecule has 0 bridgehead atoms. The van der Waals surface area contributed by atoms with Gasteiger partial charge in [0.1, 0.15) is 23.7 Å². The molecule has 0 amide bonds. The van der Waals surface area contributed by atoms with Crippen LogP contribution in [0.1, 0.15) is 39.3 Å². The molecule has 1 heterocycles. The maximum atomic E-state index is 12.6. The number of hydrogen-bond acceptors (Lipinski definition) is 7. The summed E-state index contributed by atoms with van der Waals surface area (Å²) in [6, 6.07) is 11.0. The number of aromatic nitrogens is 1. The van der Waals surface area contributed by atoms with Crippen molar-refractivity contribution < 1.29 is 24.1 Å². The number of rotatable bonds is 10. The number of carbonyl (C=O) groups excluding carboxylic acids is 1. The summed E-state index contributed by atoms with van der Waals surface area (Å²) in [6.07, 6.45) is 1.66. The molecule has 0 aliphatic carbocycles. The zero-order valence-electron chi connectivity index (χ0n) is 17.1. The molecule has 6 nitrogen and oxygen atoms in total. The van der Waals surface area contributed by atoms with Crippen LogP contribution in [-0.4, -0.2) is 40.2 Å². The molecule has 0 aliphatic heterocycles.